The van der Waals surface area contributed by atoms with E-state index in [1.54, 1.807) is 25.4 Å². The molecule has 1 aromatic carbocycles. The molecule has 14 nitrogen and oxygen atoms in total. The van der Waals surface area contributed by atoms with Gasteiger partial charge in [0.2, 0.25) is 5.91 Å². The van der Waals surface area contributed by atoms with Crippen LogP contribution >= 0.6 is 11.3 Å². The number of carbonyl (C=O) groups is 2. The summed E-state index contributed by atoms with van der Waals surface area (Å²) in [5.74, 6) is 0.0125. The molecular weight excluding hydrogens is 768 g/mol. The van der Waals surface area contributed by atoms with Gasteiger partial charge < -0.3 is 44.4 Å². The number of likely N-dealkylation sites (tertiary alicyclic amines) is 1. The van der Waals surface area contributed by atoms with E-state index in [0.717, 1.165) is 84.5 Å². The number of nitrogens with zero attached hydrogens (tertiary/aromatic N) is 3. The van der Waals surface area contributed by atoms with Crippen LogP contribution in [0.4, 0.5) is 14.9 Å². The lowest BCUT2D eigenvalue weighted by Crippen LogP contribution is -2.37. The normalized spacial score (nSPS) is 16.1. The molecule has 1 saturated carbocycles. The number of halogens is 1. The molecule has 1 aliphatic heterocycles. The number of methoxy groups -OCH3 is 1. The molecular formula is C42H55FN6O8S. The average Bonchev–Trinajstić information content (AvgIpc) is 3.91. The zero-order chi connectivity index (χ0) is 40.4. The molecule has 1 unspecified atom stereocenters. The number of hydrogen-bond acceptors (Lipinski definition) is 12. The highest BCUT2D eigenvalue weighted by atomic mass is 32.1. The van der Waals surface area contributed by atoms with Gasteiger partial charge >= 0.3 is 6.03 Å². The fourth-order valence-corrected chi connectivity index (χ4v) is 7.48. The van der Waals surface area contributed by atoms with Crippen molar-refractivity contribution in [3.8, 4) is 22.1 Å². The van der Waals surface area contributed by atoms with Gasteiger partial charge in [0.15, 0.2) is 11.6 Å². The number of fused-ring (bicyclic) bond motifs is 1. The molecule has 3 aromatic heterocycles. The summed E-state index contributed by atoms with van der Waals surface area (Å²) >= 11 is 1.48. The second kappa shape index (κ2) is 23.3. The number of ether oxygens (including phenoxy) is 6. The molecule has 3 N–H and O–H groups in total. The third kappa shape index (κ3) is 14.2. The summed E-state index contributed by atoms with van der Waals surface area (Å²) in [6, 6.07) is 12.0. The van der Waals surface area contributed by atoms with Gasteiger partial charge in [0, 0.05) is 62.4 Å². The van der Waals surface area contributed by atoms with E-state index in [-0.39, 0.29) is 29.6 Å². The van der Waals surface area contributed by atoms with Gasteiger partial charge in [0.1, 0.15) is 5.75 Å². The average molecular weight is 823 g/mol. The van der Waals surface area contributed by atoms with Crippen molar-refractivity contribution in [1.29, 1.82) is 0 Å². The Morgan fingerprint density at radius 2 is 1.59 bits per heavy atom. The lowest BCUT2D eigenvalue weighted by molar-refractivity contribution is -0.126. The van der Waals surface area contributed by atoms with E-state index in [2.05, 4.69) is 31.9 Å². The smallest absolute Gasteiger partial charge is 0.319 e. The third-order valence-corrected chi connectivity index (χ3v) is 10.9. The highest BCUT2D eigenvalue weighted by Gasteiger charge is 2.24. The SMILES string of the molecule is COCCOCCOCCOCCOCCNC(=O)C1CCCCN(Cc2ccc(-c3cc4nccc(Oc5ccc(NC(=O)NC6CC6)cc5F)c4s3)nc2)CC1. The molecule has 58 heavy (non-hydrogen) atoms. The summed E-state index contributed by atoms with van der Waals surface area (Å²) in [5, 5.41) is 8.54. The van der Waals surface area contributed by atoms with Crippen LogP contribution in [0, 0.1) is 11.7 Å². The van der Waals surface area contributed by atoms with Gasteiger partial charge in [-0.2, -0.15) is 0 Å². The number of carbonyl (C=O) groups excluding carboxylic acids is 2. The first-order valence-corrected chi connectivity index (χ1v) is 21.0. The Balaban J connectivity index is 0.898. The Morgan fingerprint density at radius 1 is 0.828 bits per heavy atom. The predicted molar refractivity (Wildman–Crippen MR) is 220 cm³/mol. The van der Waals surface area contributed by atoms with E-state index >= 15 is 4.39 Å². The standard InChI is InChI=1S/C42H55FN6O8S/c1-52-18-19-54-22-23-56-25-24-55-21-20-53-17-14-45-41(50)31-4-2-3-15-49(16-12-31)29-30-5-9-35(46-28-30)39-27-36-40(58-39)38(11-13-44-36)57-37-10-8-33(26-34(37)43)48-42(51)47-32-6-7-32/h5,8-11,13,26-28,31-32H,2-4,6-7,12,14-25,29H2,1H3,(H,45,50)(H2,47,48,51). The molecule has 2 aliphatic rings. The van der Waals surface area contributed by atoms with Gasteiger partial charge in [0.05, 0.1) is 80.2 Å². The second-order valence-corrected chi connectivity index (χ2v) is 15.3. The minimum Gasteiger partial charge on any atom is -0.453 e. The van der Waals surface area contributed by atoms with E-state index in [9.17, 15) is 9.59 Å². The number of urea groups is 1. The van der Waals surface area contributed by atoms with Crippen molar-refractivity contribution in [3.63, 3.8) is 0 Å². The van der Waals surface area contributed by atoms with E-state index in [0.29, 0.717) is 77.4 Å². The molecule has 6 rings (SSSR count). The van der Waals surface area contributed by atoms with Crippen molar-refractivity contribution >= 4 is 39.2 Å². The number of rotatable bonds is 23. The summed E-state index contributed by atoms with van der Waals surface area (Å²) in [7, 11) is 1.64. The van der Waals surface area contributed by atoms with E-state index < -0.39 is 5.82 Å². The van der Waals surface area contributed by atoms with Gasteiger partial charge in [-0.1, -0.05) is 12.5 Å². The van der Waals surface area contributed by atoms with E-state index in [1.807, 2.05) is 18.3 Å². The number of hydrogen-bond donors (Lipinski definition) is 3. The van der Waals surface area contributed by atoms with Gasteiger partial charge in [-0.05, 0) is 75.0 Å². The van der Waals surface area contributed by atoms with Crippen LogP contribution in [0.1, 0.15) is 44.1 Å². The molecule has 1 saturated heterocycles. The zero-order valence-corrected chi connectivity index (χ0v) is 34.0. The number of anilines is 1. The molecule has 0 bridgehead atoms. The van der Waals surface area contributed by atoms with Crippen LogP contribution < -0.4 is 20.7 Å². The number of amides is 3. The Hall–Kier alpha value is -4.29. The van der Waals surface area contributed by atoms with Crippen molar-refractivity contribution in [2.24, 2.45) is 5.92 Å². The van der Waals surface area contributed by atoms with Crippen LogP contribution in [0.2, 0.25) is 0 Å². The molecule has 1 aliphatic carbocycles. The largest absolute Gasteiger partial charge is 0.453 e. The minimum atomic E-state index is -0.587. The number of nitrogens with one attached hydrogen (secondary N) is 3. The monoisotopic (exact) mass is 822 g/mol. The van der Waals surface area contributed by atoms with Gasteiger partial charge in [-0.25, -0.2) is 9.18 Å². The second-order valence-electron chi connectivity index (χ2n) is 14.3. The van der Waals surface area contributed by atoms with Crippen LogP contribution in [0.3, 0.4) is 0 Å². The Bertz CT molecular complexity index is 1880. The molecule has 4 heterocycles. The van der Waals surface area contributed by atoms with Gasteiger partial charge in [-0.15, -0.1) is 11.3 Å². The number of pyridine rings is 2. The fourth-order valence-electron chi connectivity index (χ4n) is 6.44. The summed E-state index contributed by atoms with van der Waals surface area (Å²) < 4.78 is 48.7. The fraction of sp³-hybridized carbons (Fsp3) is 0.524. The first kappa shape index (κ1) is 43.3. The Kier molecular flexibility index (Phi) is 17.4. The van der Waals surface area contributed by atoms with Crippen molar-refractivity contribution < 1.29 is 42.4 Å². The maximum Gasteiger partial charge on any atom is 0.319 e. The van der Waals surface area contributed by atoms with Crippen LogP contribution in [-0.2, 0) is 35.0 Å². The predicted octanol–water partition coefficient (Wildman–Crippen LogP) is 6.39. The molecule has 16 heteroatoms. The van der Waals surface area contributed by atoms with Crippen molar-refractivity contribution in [2.75, 3.05) is 91.5 Å². The van der Waals surface area contributed by atoms with Gasteiger partial charge in [0.25, 0.3) is 0 Å². The van der Waals surface area contributed by atoms with Gasteiger partial charge in [-0.3, -0.25) is 19.7 Å². The maximum atomic E-state index is 15.0. The highest BCUT2D eigenvalue weighted by molar-refractivity contribution is 7.22. The summed E-state index contributed by atoms with van der Waals surface area (Å²) in [5.41, 5.74) is 2.99. The summed E-state index contributed by atoms with van der Waals surface area (Å²) in [4.78, 5) is 37.7. The maximum absolute atomic E-state index is 15.0. The molecule has 1 atom stereocenters. The zero-order valence-electron chi connectivity index (χ0n) is 33.2. The van der Waals surface area contributed by atoms with Crippen molar-refractivity contribution in [2.45, 2.75) is 51.1 Å². The van der Waals surface area contributed by atoms with Crippen LogP contribution in [0.15, 0.2) is 54.9 Å². The Morgan fingerprint density at radius 3 is 2.29 bits per heavy atom. The van der Waals surface area contributed by atoms with Crippen LogP contribution in [0.25, 0.3) is 20.8 Å². The molecule has 3 amide bonds. The van der Waals surface area contributed by atoms with Crippen LogP contribution in [-0.4, -0.2) is 119 Å². The third-order valence-electron chi connectivity index (χ3n) is 9.72. The lowest BCUT2D eigenvalue weighted by atomic mass is 9.95. The first-order chi connectivity index (χ1) is 28.4. The number of benzene rings is 1. The molecule has 4 aromatic rings. The number of aromatic nitrogens is 2. The highest BCUT2D eigenvalue weighted by Crippen LogP contribution is 2.39. The summed E-state index contributed by atoms with van der Waals surface area (Å²) in [6.07, 6.45) is 9.20. The lowest BCUT2D eigenvalue weighted by Gasteiger charge is -2.28. The molecule has 0 spiro atoms. The van der Waals surface area contributed by atoms with Crippen molar-refractivity contribution in [3.05, 3.63) is 66.2 Å². The quantitative estimate of drug-likeness (QED) is 0.0713. The summed E-state index contributed by atoms with van der Waals surface area (Å²) in [6.45, 7) is 7.60. The van der Waals surface area contributed by atoms with E-state index in [4.69, 9.17) is 33.4 Å². The molecule has 314 valence electrons. The molecule has 0 radical (unpaired) electrons. The molecule has 2 fully saturated rings. The first-order valence-electron chi connectivity index (χ1n) is 20.1. The topological polar surface area (TPSA) is 155 Å². The van der Waals surface area contributed by atoms with Crippen molar-refractivity contribution in [1.82, 2.24) is 25.5 Å². The number of thiophene rings is 1. The minimum absolute atomic E-state index is 0.0230. The van der Waals surface area contributed by atoms with E-state index in [1.165, 1.54) is 23.5 Å². The Labute approximate surface area is 343 Å². The van der Waals surface area contributed by atoms with Crippen LogP contribution in [0.5, 0.6) is 11.5 Å².